The van der Waals surface area contributed by atoms with E-state index in [0.717, 1.165) is 36.9 Å². The van der Waals surface area contributed by atoms with E-state index in [0.29, 0.717) is 11.2 Å². The third-order valence-corrected chi connectivity index (χ3v) is 5.64. The van der Waals surface area contributed by atoms with Gasteiger partial charge in [0.1, 0.15) is 5.75 Å². The molecule has 0 aromatic heterocycles. The summed E-state index contributed by atoms with van der Waals surface area (Å²) < 4.78 is 6.00. The van der Waals surface area contributed by atoms with Gasteiger partial charge in [-0.3, -0.25) is 0 Å². The Morgan fingerprint density at radius 1 is 1.15 bits per heavy atom. The van der Waals surface area contributed by atoms with E-state index in [9.17, 15) is 0 Å². The van der Waals surface area contributed by atoms with E-state index < -0.39 is 0 Å². The van der Waals surface area contributed by atoms with E-state index in [2.05, 4.69) is 22.5 Å². The van der Waals surface area contributed by atoms with Crippen molar-refractivity contribution >= 4 is 23.0 Å². The van der Waals surface area contributed by atoms with Gasteiger partial charge in [-0.1, -0.05) is 6.92 Å². The minimum absolute atomic E-state index is 0.402. The Balaban J connectivity index is 1.31. The fourth-order valence-electron chi connectivity index (χ4n) is 3.99. The van der Waals surface area contributed by atoms with E-state index in [1.54, 1.807) is 0 Å². The minimum Gasteiger partial charge on any atom is -0.490 e. The SMILES string of the molecule is C[C@H]1CCCN(CCCNC(=S)Nc2ccc(OC3CCCC3)cc2)C1. The maximum Gasteiger partial charge on any atom is 0.170 e. The average molecular weight is 376 g/mol. The highest BCUT2D eigenvalue weighted by atomic mass is 32.1. The van der Waals surface area contributed by atoms with Crippen molar-refractivity contribution in [1.82, 2.24) is 10.2 Å². The van der Waals surface area contributed by atoms with Crippen LogP contribution in [0, 0.1) is 5.92 Å². The standard InChI is InChI=1S/C21H33N3OS/c1-17-6-4-14-24(16-17)15-5-13-22-21(26)23-18-9-11-20(12-10-18)25-19-7-2-3-8-19/h9-12,17,19H,2-8,13-16H2,1H3,(H2,22,23,26)/t17-/m0/s1. The third kappa shape index (κ3) is 6.44. The van der Waals surface area contributed by atoms with Gasteiger partial charge >= 0.3 is 0 Å². The predicted molar refractivity (Wildman–Crippen MR) is 113 cm³/mol. The molecule has 26 heavy (non-hydrogen) atoms. The molecule has 4 nitrogen and oxygen atoms in total. The molecule has 3 rings (SSSR count). The van der Waals surface area contributed by atoms with Gasteiger partial charge in [0.05, 0.1) is 6.10 Å². The topological polar surface area (TPSA) is 36.5 Å². The van der Waals surface area contributed by atoms with Crippen molar-refractivity contribution in [3.8, 4) is 5.75 Å². The van der Waals surface area contributed by atoms with Gasteiger partial charge in [-0.05, 0) is 100 Å². The number of rotatable bonds is 7. The van der Waals surface area contributed by atoms with Crippen LogP contribution in [0.2, 0.25) is 0 Å². The molecule has 1 aromatic rings. The summed E-state index contributed by atoms with van der Waals surface area (Å²) in [5.41, 5.74) is 1.01. The Kier molecular flexibility index (Phi) is 7.56. The summed E-state index contributed by atoms with van der Waals surface area (Å²) in [4.78, 5) is 2.58. The zero-order chi connectivity index (χ0) is 18.2. The minimum atomic E-state index is 0.402. The number of hydrogen-bond acceptors (Lipinski definition) is 3. The summed E-state index contributed by atoms with van der Waals surface area (Å²) in [5.74, 6) is 1.80. The van der Waals surface area contributed by atoms with E-state index >= 15 is 0 Å². The van der Waals surface area contributed by atoms with Crippen LogP contribution in [-0.2, 0) is 0 Å². The Hall–Kier alpha value is -1.33. The molecule has 0 bridgehead atoms. The molecule has 0 spiro atoms. The van der Waals surface area contributed by atoms with Crippen molar-refractivity contribution in [1.29, 1.82) is 0 Å². The number of nitrogens with one attached hydrogen (secondary N) is 2. The Bertz CT molecular complexity index is 557. The van der Waals surface area contributed by atoms with Crippen LogP contribution in [0.25, 0.3) is 0 Å². The summed E-state index contributed by atoms with van der Waals surface area (Å²) in [5, 5.41) is 7.27. The molecule has 2 fully saturated rings. The van der Waals surface area contributed by atoms with Crippen molar-refractivity contribution < 1.29 is 4.74 Å². The zero-order valence-corrected chi connectivity index (χ0v) is 16.8. The lowest BCUT2D eigenvalue weighted by Gasteiger charge is -2.30. The van der Waals surface area contributed by atoms with Gasteiger partial charge in [-0.2, -0.15) is 0 Å². The van der Waals surface area contributed by atoms with E-state index in [-0.39, 0.29) is 0 Å². The largest absolute Gasteiger partial charge is 0.490 e. The summed E-state index contributed by atoms with van der Waals surface area (Å²) in [7, 11) is 0. The Morgan fingerprint density at radius 3 is 2.65 bits per heavy atom. The smallest absolute Gasteiger partial charge is 0.170 e. The zero-order valence-electron chi connectivity index (χ0n) is 16.0. The lowest BCUT2D eigenvalue weighted by atomic mass is 10.0. The van der Waals surface area contributed by atoms with Crippen LogP contribution in [0.5, 0.6) is 5.75 Å². The summed E-state index contributed by atoms with van der Waals surface area (Å²) in [6.07, 6.45) is 9.21. The number of hydrogen-bond donors (Lipinski definition) is 2. The molecule has 144 valence electrons. The molecule has 2 aliphatic rings. The highest BCUT2D eigenvalue weighted by Crippen LogP contribution is 2.25. The summed E-state index contributed by atoms with van der Waals surface area (Å²) in [6.45, 7) is 6.93. The second-order valence-corrected chi connectivity index (χ2v) is 8.24. The highest BCUT2D eigenvalue weighted by molar-refractivity contribution is 7.80. The quantitative estimate of drug-likeness (QED) is 0.545. The van der Waals surface area contributed by atoms with Crippen molar-refractivity contribution in [2.75, 3.05) is 31.5 Å². The molecule has 1 saturated heterocycles. The second-order valence-electron chi connectivity index (χ2n) is 7.83. The number of benzene rings is 1. The molecule has 2 N–H and O–H groups in total. The van der Waals surface area contributed by atoms with Crippen molar-refractivity contribution in [2.24, 2.45) is 5.92 Å². The first-order valence-electron chi connectivity index (χ1n) is 10.2. The van der Waals surface area contributed by atoms with Crippen LogP contribution in [0.1, 0.15) is 51.9 Å². The summed E-state index contributed by atoms with van der Waals surface area (Å²) >= 11 is 5.41. The van der Waals surface area contributed by atoms with Crippen LogP contribution in [0.3, 0.4) is 0 Å². The molecule has 0 amide bonds. The molecule has 0 radical (unpaired) electrons. The number of piperidine rings is 1. The molecule has 0 unspecified atom stereocenters. The number of thiocarbonyl (C=S) groups is 1. The third-order valence-electron chi connectivity index (χ3n) is 5.39. The number of ether oxygens (including phenoxy) is 1. The monoisotopic (exact) mass is 375 g/mol. The fraction of sp³-hybridized carbons (Fsp3) is 0.667. The fourth-order valence-corrected chi connectivity index (χ4v) is 4.21. The van der Waals surface area contributed by atoms with Crippen LogP contribution in [-0.4, -0.2) is 42.3 Å². The van der Waals surface area contributed by atoms with Gasteiger partial charge in [0.25, 0.3) is 0 Å². The normalized spacial score (nSPS) is 21.5. The van der Waals surface area contributed by atoms with Crippen molar-refractivity contribution in [3.05, 3.63) is 24.3 Å². The first-order chi connectivity index (χ1) is 12.7. The molecular formula is C21H33N3OS. The molecule has 1 heterocycles. The number of anilines is 1. The van der Waals surface area contributed by atoms with Crippen LogP contribution < -0.4 is 15.4 Å². The molecule has 1 aliphatic heterocycles. The number of nitrogens with zero attached hydrogens (tertiary/aromatic N) is 1. The van der Waals surface area contributed by atoms with E-state index in [4.69, 9.17) is 17.0 Å². The molecule has 1 saturated carbocycles. The maximum atomic E-state index is 6.00. The van der Waals surface area contributed by atoms with Crippen molar-refractivity contribution in [2.45, 2.75) is 58.0 Å². The summed E-state index contributed by atoms with van der Waals surface area (Å²) in [6, 6.07) is 8.13. The molecular weight excluding hydrogens is 342 g/mol. The van der Waals surface area contributed by atoms with Gasteiger partial charge in [0, 0.05) is 18.8 Å². The molecule has 1 aliphatic carbocycles. The Labute approximate surface area is 163 Å². The second kappa shape index (κ2) is 10.1. The average Bonchev–Trinajstić information content (AvgIpc) is 3.14. The van der Waals surface area contributed by atoms with Gasteiger partial charge in [0.2, 0.25) is 0 Å². The molecule has 5 heteroatoms. The van der Waals surface area contributed by atoms with Crippen LogP contribution in [0.4, 0.5) is 5.69 Å². The lowest BCUT2D eigenvalue weighted by Crippen LogP contribution is -2.37. The number of likely N-dealkylation sites (tertiary alicyclic amines) is 1. The van der Waals surface area contributed by atoms with E-state index in [1.807, 2.05) is 24.3 Å². The van der Waals surface area contributed by atoms with Crippen LogP contribution in [0.15, 0.2) is 24.3 Å². The van der Waals surface area contributed by atoms with E-state index in [1.165, 1.54) is 51.6 Å². The lowest BCUT2D eigenvalue weighted by molar-refractivity contribution is 0.182. The van der Waals surface area contributed by atoms with Gasteiger partial charge in [0.15, 0.2) is 5.11 Å². The predicted octanol–water partition coefficient (Wildman–Crippen LogP) is 4.42. The first kappa shape index (κ1) is 19.4. The van der Waals surface area contributed by atoms with Gasteiger partial charge < -0.3 is 20.3 Å². The van der Waals surface area contributed by atoms with Crippen LogP contribution >= 0.6 is 12.2 Å². The van der Waals surface area contributed by atoms with Crippen molar-refractivity contribution in [3.63, 3.8) is 0 Å². The van der Waals surface area contributed by atoms with Gasteiger partial charge in [-0.15, -0.1) is 0 Å². The van der Waals surface area contributed by atoms with Gasteiger partial charge in [-0.25, -0.2) is 0 Å². The highest BCUT2D eigenvalue weighted by Gasteiger charge is 2.16. The molecule has 1 atom stereocenters. The Morgan fingerprint density at radius 2 is 1.92 bits per heavy atom. The molecule has 1 aromatic carbocycles. The maximum absolute atomic E-state index is 6.00. The first-order valence-corrected chi connectivity index (χ1v) is 10.6.